The molecule has 2 N–H and O–H groups in total. The number of ether oxygens (including phenoxy) is 1. The number of nitrogens with zero attached hydrogens (tertiary/aromatic N) is 2. The molecule has 0 unspecified atom stereocenters. The zero-order valence-electron chi connectivity index (χ0n) is 17.0. The summed E-state index contributed by atoms with van der Waals surface area (Å²) in [6.07, 6.45) is 0. The van der Waals surface area contributed by atoms with Crippen LogP contribution in [-0.2, 0) is 11.3 Å². The molecule has 0 aliphatic heterocycles. The smallest absolute Gasteiger partial charge is 0.258 e. The van der Waals surface area contributed by atoms with Crippen molar-refractivity contribution in [2.45, 2.75) is 6.54 Å². The highest BCUT2D eigenvalue weighted by Crippen LogP contribution is 2.22. The van der Waals surface area contributed by atoms with Gasteiger partial charge in [-0.15, -0.1) is 0 Å². The molecule has 7 nitrogen and oxygen atoms in total. The van der Waals surface area contributed by atoms with Crippen molar-refractivity contribution in [3.8, 4) is 11.5 Å². The second-order valence-corrected chi connectivity index (χ2v) is 7.19. The Hall–Kier alpha value is -3.97. The van der Waals surface area contributed by atoms with Gasteiger partial charge < -0.3 is 15.0 Å². The number of fused-ring (bicyclic) bond motifs is 1. The molecule has 0 saturated carbocycles. The second-order valence-electron chi connectivity index (χ2n) is 7.19. The van der Waals surface area contributed by atoms with Crippen LogP contribution in [0.15, 0.2) is 83.7 Å². The molecule has 7 heteroatoms. The summed E-state index contributed by atoms with van der Waals surface area (Å²) in [4.78, 5) is 33.6. The van der Waals surface area contributed by atoms with E-state index in [1.165, 1.54) is 0 Å². The van der Waals surface area contributed by atoms with Crippen molar-refractivity contribution >= 4 is 22.5 Å². The van der Waals surface area contributed by atoms with Crippen molar-refractivity contribution in [1.29, 1.82) is 0 Å². The van der Waals surface area contributed by atoms with Crippen LogP contribution in [0.2, 0.25) is 0 Å². The lowest BCUT2D eigenvalue weighted by molar-refractivity contribution is -0.117. The van der Waals surface area contributed by atoms with Gasteiger partial charge in [0.15, 0.2) is 0 Å². The minimum Gasteiger partial charge on any atom is -0.457 e. The quantitative estimate of drug-likeness (QED) is 0.481. The average molecular weight is 414 g/mol. The summed E-state index contributed by atoms with van der Waals surface area (Å²) in [6, 6.07) is 23.9. The van der Waals surface area contributed by atoms with Gasteiger partial charge in [-0.25, -0.2) is 4.98 Å². The number of aromatic nitrogens is 2. The number of carbonyl (C=O) groups excluding carboxylic acids is 1. The van der Waals surface area contributed by atoms with Crippen LogP contribution >= 0.6 is 0 Å². The maximum Gasteiger partial charge on any atom is 0.258 e. The van der Waals surface area contributed by atoms with Gasteiger partial charge in [-0.05, 0) is 55.6 Å². The number of benzene rings is 3. The van der Waals surface area contributed by atoms with E-state index in [1.54, 1.807) is 54.4 Å². The molecule has 31 heavy (non-hydrogen) atoms. The molecule has 0 aliphatic carbocycles. The van der Waals surface area contributed by atoms with Crippen LogP contribution in [0.5, 0.6) is 11.5 Å². The van der Waals surface area contributed by atoms with Crippen LogP contribution in [0.25, 0.3) is 10.9 Å². The van der Waals surface area contributed by atoms with Gasteiger partial charge in [0, 0.05) is 5.69 Å². The zero-order chi connectivity index (χ0) is 21.6. The third kappa shape index (κ3) is 5.34. The summed E-state index contributed by atoms with van der Waals surface area (Å²) in [5.74, 6) is 1.79. The zero-order valence-corrected chi connectivity index (χ0v) is 17.0. The largest absolute Gasteiger partial charge is 0.457 e. The highest BCUT2D eigenvalue weighted by Gasteiger charge is 2.10. The maximum atomic E-state index is 12.4. The molecular weight excluding hydrogens is 392 g/mol. The number of carbonyl (C=O) groups is 1. The van der Waals surface area contributed by atoms with Crippen molar-refractivity contribution in [2.24, 2.45) is 0 Å². The minimum atomic E-state index is -0.184. The number of amides is 1. The first-order chi connectivity index (χ1) is 15.1. The molecule has 0 spiro atoms. The summed E-state index contributed by atoms with van der Waals surface area (Å²) in [5.41, 5.74) is 1.13. The second kappa shape index (κ2) is 9.23. The topological polar surface area (TPSA) is 87.3 Å². The number of aromatic amines is 1. The van der Waals surface area contributed by atoms with Crippen molar-refractivity contribution in [3.63, 3.8) is 0 Å². The summed E-state index contributed by atoms with van der Waals surface area (Å²) < 4.78 is 5.75. The number of H-pyrrole nitrogens is 1. The summed E-state index contributed by atoms with van der Waals surface area (Å²) in [7, 11) is 1.80. The van der Waals surface area contributed by atoms with Gasteiger partial charge >= 0.3 is 0 Å². The maximum absolute atomic E-state index is 12.4. The Morgan fingerprint density at radius 1 is 0.968 bits per heavy atom. The van der Waals surface area contributed by atoms with Crippen molar-refractivity contribution < 1.29 is 9.53 Å². The van der Waals surface area contributed by atoms with Gasteiger partial charge in [0.1, 0.15) is 17.3 Å². The number of para-hydroxylation sites is 2. The lowest BCUT2D eigenvalue weighted by Crippen LogP contribution is -2.31. The van der Waals surface area contributed by atoms with E-state index < -0.39 is 0 Å². The van der Waals surface area contributed by atoms with E-state index in [1.807, 2.05) is 36.4 Å². The Bertz CT molecular complexity index is 1240. The summed E-state index contributed by atoms with van der Waals surface area (Å²) in [6.45, 7) is 0.496. The number of hydrogen-bond donors (Lipinski definition) is 2. The molecule has 4 aromatic rings. The van der Waals surface area contributed by atoms with Crippen LogP contribution in [-0.4, -0.2) is 34.4 Å². The minimum absolute atomic E-state index is 0.152. The van der Waals surface area contributed by atoms with E-state index >= 15 is 0 Å². The van der Waals surface area contributed by atoms with Crippen LogP contribution < -0.4 is 15.6 Å². The van der Waals surface area contributed by atoms with E-state index in [2.05, 4.69) is 15.3 Å². The lowest BCUT2D eigenvalue weighted by Gasteiger charge is -2.16. The van der Waals surface area contributed by atoms with E-state index in [9.17, 15) is 9.59 Å². The molecular formula is C24H22N4O3. The van der Waals surface area contributed by atoms with E-state index in [0.29, 0.717) is 34.7 Å². The summed E-state index contributed by atoms with van der Waals surface area (Å²) >= 11 is 0. The molecule has 0 fully saturated rings. The fraction of sp³-hybridized carbons (Fsp3) is 0.125. The van der Waals surface area contributed by atoms with Crippen molar-refractivity contribution in [3.05, 3.63) is 95.0 Å². The highest BCUT2D eigenvalue weighted by atomic mass is 16.5. The molecule has 4 rings (SSSR count). The number of anilines is 1. The number of hydrogen-bond acceptors (Lipinski definition) is 5. The third-order valence-electron chi connectivity index (χ3n) is 4.61. The molecule has 1 aromatic heterocycles. The van der Waals surface area contributed by atoms with Crippen LogP contribution in [0.3, 0.4) is 0 Å². The molecule has 0 saturated heterocycles. The number of likely N-dealkylation sites (N-methyl/N-ethyl adjacent to an activating group) is 1. The Morgan fingerprint density at radius 3 is 2.42 bits per heavy atom. The Labute approximate surface area is 179 Å². The third-order valence-corrected chi connectivity index (χ3v) is 4.61. The lowest BCUT2D eigenvalue weighted by atomic mass is 10.2. The predicted octanol–water partition coefficient (Wildman–Crippen LogP) is 3.79. The van der Waals surface area contributed by atoms with Crippen LogP contribution in [0, 0.1) is 0 Å². The van der Waals surface area contributed by atoms with Crippen molar-refractivity contribution in [2.75, 3.05) is 18.9 Å². The molecule has 0 radical (unpaired) electrons. The Kier molecular flexibility index (Phi) is 6.05. The first-order valence-corrected chi connectivity index (χ1v) is 9.86. The van der Waals surface area contributed by atoms with Gasteiger partial charge in [0.25, 0.3) is 5.56 Å². The standard InChI is InChI=1S/C24H22N4O3/c1-28(15-22-26-21-10-6-5-9-20(21)24(30)27-22)16-23(29)25-17-11-13-19(14-12-17)31-18-7-3-2-4-8-18/h2-14H,15-16H2,1H3,(H,25,29)(H,26,27,30). The molecule has 0 bridgehead atoms. The molecule has 0 atom stereocenters. The van der Waals surface area contributed by atoms with Gasteiger partial charge in [0.05, 0.1) is 24.0 Å². The number of rotatable bonds is 7. The molecule has 156 valence electrons. The fourth-order valence-electron chi connectivity index (χ4n) is 3.20. The van der Waals surface area contributed by atoms with Crippen molar-refractivity contribution in [1.82, 2.24) is 14.9 Å². The number of nitrogens with one attached hydrogen (secondary N) is 2. The highest BCUT2D eigenvalue weighted by molar-refractivity contribution is 5.92. The molecule has 1 amide bonds. The van der Waals surface area contributed by atoms with Gasteiger partial charge in [-0.2, -0.15) is 0 Å². The monoisotopic (exact) mass is 414 g/mol. The molecule has 0 aliphatic rings. The van der Waals surface area contributed by atoms with Gasteiger partial charge in [-0.1, -0.05) is 30.3 Å². The molecule has 3 aromatic carbocycles. The van der Waals surface area contributed by atoms with Crippen LogP contribution in [0.4, 0.5) is 5.69 Å². The van der Waals surface area contributed by atoms with E-state index in [4.69, 9.17) is 4.74 Å². The predicted molar refractivity (Wildman–Crippen MR) is 120 cm³/mol. The fourth-order valence-corrected chi connectivity index (χ4v) is 3.20. The van der Waals surface area contributed by atoms with E-state index in [0.717, 1.165) is 5.75 Å². The van der Waals surface area contributed by atoms with Gasteiger partial charge in [0.2, 0.25) is 5.91 Å². The average Bonchev–Trinajstić information content (AvgIpc) is 2.76. The summed E-state index contributed by atoms with van der Waals surface area (Å²) in [5, 5.41) is 3.41. The van der Waals surface area contributed by atoms with Gasteiger partial charge in [-0.3, -0.25) is 14.5 Å². The normalized spacial score (nSPS) is 10.9. The Morgan fingerprint density at radius 2 is 1.65 bits per heavy atom. The SMILES string of the molecule is CN(CC(=O)Nc1ccc(Oc2ccccc2)cc1)Cc1nc2ccccc2c(=O)[nH]1. The Balaban J connectivity index is 1.32. The van der Waals surface area contributed by atoms with E-state index in [-0.39, 0.29) is 18.0 Å². The first kappa shape index (κ1) is 20.3. The first-order valence-electron chi connectivity index (χ1n) is 9.86. The molecule has 1 heterocycles. The van der Waals surface area contributed by atoms with Crippen LogP contribution in [0.1, 0.15) is 5.82 Å².